The van der Waals surface area contributed by atoms with Gasteiger partial charge in [-0.3, -0.25) is 37.3 Å². The number of esters is 4. The maximum absolute atomic E-state index is 13.1. The highest BCUT2D eigenvalue weighted by Gasteiger charge is 2.30. The van der Waals surface area contributed by atoms with Crippen LogP contribution >= 0.6 is 15.6 Å². The van der Waals surface area contributed by atoms with Crippen molar-refractivity contribution in [3.63, 3.8) is 0 Å². The lowest BCUT2D eigenvalue weighted by atomic mass is 10.1. The number of phosphoric acid groups is 2. The van der Waals surface area contributed by atoms with Gasteiger partial charge in [0.1, 0.15) is 19.3 Å². The summed E-state index contributed by atoms with van der Waals surface area (Å²) in [6, 6.07) is 0. The molecule has 0 bridgehead atoms. The second-order valence-corrected chi connectivity index (χ2v) is 28.4. The Bertz CT molecular complexity index is 2370. The number of aliphatic hydroxyl groups is 1. The van der Waals surface area contributed by atoms with Gasteiger partial charge in [-0.1, -0.05) is 271 Å². The van der Waals surface area contributed by atoms with Crippen LogP contribution in [0, 0.1) is 0 Å². The Morgan fingerprint density at radius 3 is 0.840 bits per heavy atom. The first-order valence-electron chi connectivity index (χ1n) is 38.8. The largest absolute Gasteiger partial charge is 0.472 e. The summed E-state index contributed by atoms with van der Waals surface area (Å²) in [5, 5.41) is 10.6. The number of carbonyl (C=O) groups is 4. The van der Waals surface area contributed by atoms with Gasteiger partial charge in [0.05, 0.1) is 26.4 Å². The van der Waals surface area contributed by atoms with Crippen LogP contribution in [0.25, 0.3) is 0 Å². The van der Waals surface area contributed by atoms with E-state index in [0.29, 0.717) is 25.7 Å². The average Bonchev–Trinajstić information content (AvgIpc) is 0.966. The Balaban J connectivity index is 5.36. The molecule has 0 rings (SSSR count). The highest BCUT2D eigenvalue weighted by Crippen LogP contribution is 2.45. The van der Waals surface area contributed by atoms with E-state index in [0.717, 1.165) is 173 Å². The molecule has 0 aromatic heterocycles. The van der Waals surface area contributed by atoms with E-state index < -0.39 is 97.5 Å². The molecule has 0 spiro atoms. The molecule has 0 fully saturated rings. The summed E-state index contributed by atoms with van der Waals surface area (Å²) in [5.41, 5.74) is 0. The predicted octanol–water partition coefficient (Wildman–Crippen LogP) is 22.3. The molecule has 0 aliphatic carbocycles. The highest BCUT2D eigenvalue weighted by atomic mass is 31.2. The van der Waals surface area contributed by atoms with Gasteiger partial charge in [-0.25, -0.2) is 9.13 Å². The first-order chi connectivity index (χ1) is 48.7. The molecule has 3 N–H and O–H groups in total. The summed E-state index contributed by atoms with van der Waals surface area (Å²) in [6.07, 6.45) is 79.0. The fourth-order valence-electron chi connectivity index (χ4n) is 10.1. The quantitative estimate of drug-likeness (QED) is 0.0169. The van der Waals surface area contributed by atoms with Crippen molar-refractivity contribution in [2.24, 2.45) is 0 Å². The van der Waals surface area contributed by atoms with Gasteiger partial charge in [0.15, 0.2) is 12.2 Å². The van der Waals surface area contributed by atoms with Crippen LogP contribution in [0.15, 0.2) is 122 Å². The number of aliphatic hydroxyl groups excluding tert-OH is 1. The Morgan fingerprint density at radius 2 is 0.520 bits per heavy atom. The van der Waals surface area contributed by atoms with Gasteiger partial charge < -0.3 is 33.8 Å². The van der Waals surface area contributed by atoms with E-state index in [4.69, 9.17) is 37.0 Å². The van der Waals surface area contributed by atoms with E-state index in [2.05, 4.69) is 149 Å². The molecule has 0 aromatic carbocycles. The minimum atomic E-state index is -4.99. The molecule has 0 saturated carbocycles. The number of ether oxygens (including phenoxy) is 4. The van der Waals surface area contributed by atoms with Gasteiger partial charge >= 0.3 is 39.5 Å². The highest BCUT2D eigenvalue weighted by molar-refractivity contribution is 7.47. The van der Waals surface area contributed by atoms with Crippen LogP contribution in [0.5, 0.6) is 0 Å². The van der Waals surface area contributed by atoms with E-state index in [1.165, 1.54) is 57.8 Å². The van der Waals surface area contributed by atoms with Crippen LogP contribution in [-0.2, 0) is 65.4 Å². The zero-order chi connectivity index (χ0) is 73.2. The normalized spacial score (nSPS) is 14.6. The number of hydrogen-bond acceptors (Lipinski definition) is 15. The summed E-state index contributed by atoms with van der Waals surface area (Å²) in [6.45, 7) is 4.54. The van der Waals surface area contributed by atoms with Gasteiger partial charge in [-0.15, -0.1) is 0 Å². The number of hydrogen-bond donors (Lipinski definition) is 3. The molecule has 0 saturated heterocycles. The van der Waals surface area contributed by atoms with Gasteiger partial charge in [-0.2, -0.15) is 0 Å². The third-order valence-electron chi connectivity index (χ3n) is 15.9. The van der Waals surface area contributed by atoms with Gasteiger partial charge in [0.2, 0.25) is 0 Å². The maximum Gasteiger partial charge on any atom is 0.472 e. The summed E-state index contributed by atoms with van der Waals surface area (Å²) in [7, 11) is -9.97. The molecular weight excluding hydrogens is 1310 g/mol. The fraction of sp³-hybridized carbons (Fsp3) is 0.704. The minimum Gasteiger partial charge on any atom is -0.462 e. The summed E-state index contributed by atoms with van der Waals surface area (Å²) < 4.78 is 68.4. The fourth-order valence-corrected chi connectivity index (χ4v) is 11.6. The standard InChI is InChI=1S/C81H138O17P2/c1-5-9-13-17-21-25-29-32-35-36-37-38-41-43-47-50-54-58-62-66-79(84)91-71-76(97-80(85)67-63-59-55-51-45-28-24-20-16-12-8-4)73-95-99(87,88)93-69-75(82)70-94-100(89,90)96-74-77(98-81(86)68-64-60-56-52-48-44-40-34-31-27-23-19-15-11-7-3)72-92-78(83)65-61-57-53-49-46-42-39-33-30-26-22-18-14-10-6-2/h10-11,14-15,21-23,25-27,32-35,37-40,46,49,75-77,82H,5-9,12-13,16-20,24,28-31,36,41-45,47-48,50-74H2,1-4H3,(H,87,88)(H,89,90)/b14-10-,15-11-,25-21-,26-22-,27-23-,35-32-,38-37-,39-33-,40-34-,49-46-. The van der Waals surface area contributed by atoms with Crippen LogP contribution < -0.4 is 0 Å². The molecule has 100 heavy (non-hydrogen) atoms. The van der Waals surface area contributed by atoms with Crippen LogP contribution in [0.2, 0.25) is 0 Å². The second kappa shape index (κ2) is 72.8. The monoisotopic (exact) mass is 1440 g/mol. The molecule has 5 unspecified atom stereocenters. The van der Waals surface area contributed by atoms with Crippen molar-refractivity contribution < 1.29 is 80.2 Å². The van der Waals surface area contributed by atoms with Crippen molar-refractivity contribution in [1.82, 2.24) is 0 Å². The average molecular weight is 1450 g/mol. The van der Waals surface area contributed by atoms with E-state index >= 15 is 0 Å². The maximum atomic E-state index is 13.1. The molecule has 0 aliphatic rings. The van der Waals surface area contributed by atoms with Crippen molar-refractivity contribution in [3.05, 3.63) is 122 Å². The van der Waals surface area contributed by atoms with Crippen LogP contribution in [0.3, 0.4) is 0 Å². The third kappa shape index (κ3) is 71.8. The molecule has 574 valence electrons. The first kappa shape index (κ1) is 95.5. The lowest BCUT2D eigenvalue weighted by molar-refractivity contribution is -0.161. The van der Waals surface area contributed by atoms with E-state index in [-0.39, 0.29) is 25.7 Å². The summed E-state index contributed by atoms with van der Waals surface area (Å²) >= 11 is 0. The number of phosphoric ester groups is 2. The molecular formula is C81H138O17P2. The molecule has 0 amide bonds. The lowest BCUT2D eigenvalue weighted by Gasteiger charge is -2.21. The molecule has 0 heterocycles. The molecule has 0 aliphatic heterocycles. The Kier molecular flexibility index (Phi) is 69.5. The second-order valence-electron chi connectivity index (χ2n) is 25.5. The van der Waals surface area contributed by atoms with E-state index in [9.17, 15) is 43.2 Å². The first-order valence-corrected chi connectivity index (χ1v) is 41.8. The van der Waals surface area contributed by atoms with Crippen LogP contribution in [0.1, 0.15) is 310 Å². The van der Waals surface area contributed by atoms with Crippen LogP contribution in [-0.4, -0.2) is 96.7 Å². The zero-order valence-electron chi connectivity index (χ0n) is 62.6. The van der Waals surface area contributed by atoms with Crippen molar-refractivity contribution in [1.29, 1.82) is 0 Å². The van der Waals surface area contributed by atoms with Crippen molar-refractivity contribution in [2.45, 2.75) is 329 Å². The molecule has 0 aromatic rings. The predicted molar refractivity (Wildman–Crippen MR) is 408 cm³/mol. The van der Waals surface area contributed by atoms with Crippen LogP contribution in [0.4, 0.5) is 0 Å². The smallest absolute Gasteiger partial charge is 0.462 e. The number of carbonyl (C=O) groups excluding carboxylic acids is 4. The molecule has 5 atom stereocenters. The lowest BCUT2D eigenvalue weighted by Crippen LogP contribution is -2.30. The Labute approximate surface area is 606 Å². The van der Waals surface area contributed by atoms with E-state index in [1.807, 2.05) is 0 Å². The number of rotatable bonds is 72. The zero-order valence-corrected chi connectivity index (χ0v) is 64.4. The summed E-state index contributed by atoms with van der Waals surface area (Å²) in [4.78, 5) is 72.9. The third-order valence-corrected chi connectivity index (χ3v) is 17.8. The number of unbranched alkanes of at least 4 members (excludes halogenated alkanes) is 26. The van der Waals surface area contributed by atoms with Gasteiger partial charge in [0.25, 0.3) is 0 Å². The topological polar surface area (TPSA) is 237 Å². The van der Waals surface area contributed by atoms with Crippen molar-refractivity contribution in [3.8, 4) is 0 Å². The SMILES string of the molecule is CC/C=C\C/C=C\C/C=C\C/C=C\CCCCC(=O)OCC(COP(=O)(O)OCC(O)COP(=O)(O)OCC(COC(=O)CCCCCCCC/C=C\C/C=C\C/C=C\CCCCC)OC(=O)CCCCCCCCCCCCC)OC(=O)CCCCCCC/C=C\C/C=C\C/C=C\CC. The molecule has 17 nitrogen and oxygen atoms in total. The Hall–Kier alpha value is -4.54. The van der Waals surface area contributed by atoms with Crippen molar-refractivity contribution in [2.75, 3.05) is 39.6 Å². The summed E-state index contributed by atoms with van der Waals surface area (Å²) in [5.74, 6) is -2.25. The van der Waals surface area contributed by atoms with E-state index in [1.54, 1.807) is 0 Å². The minimum absolute atomic E-state index is 0.0641. The Morgan fingerprint density at radius 1 is 0.290 bits per heavy atom. The van der Waals surface area contributed by atoms with Crippen molar-refractivity contribution >= 4 is 39.5 Å². The molecule has 0 radical (unpaired) electrons. The van der Waals surface area contributed by atoms with Gasteiger partial charge in [0, 0.05) is 25.7 Å². The van der Waals surface area contributed by atoms with Gasteiger partial charge in [-0.05, 0) is 135 Å². The number of allylic oxidation sites excluding steroid dienone is 20. The molecule has 19 heteroatoms.